The lowest BCUT2D eigenvalue weighted by Crippen LogP contribution is -2.23. The summed E-state index contributed by atoms with van der Waals surface area (Å²) in [5.41, 5.74) is 9.12. The van der Waals surface area contributed by atoms with Crippen LogP contribution in [0.25, 0.3) is 10.4 Å². The molecule has 0 saturated carbocycles. The van der Waals surface area contributed by atoms with Crippen LogP contribution in [-0.2, 0) is 4.74 Å². The second-order valence-electron chi connectivity index (χ2n) is 5.01. The summed E-state index contributed by atoms with van der Waals surface area (Å²) < 4.78 is 5.28. The van der Waals surface area contributed by atoms with Gasteiger partial charge in [-0.2, -0.15) is 0 Å². The Bertz CT molecular complexity index is 485. The number of carbonyl (C=O) groups excluding carboxylic acids is 1. The Morgan fingerprint density at radius 1 is 1.44 bits per heavy atom. The second-order valence-corrected chi connectivity index (χ2v) is 5.01. The van der Waals surface area contributed by atoms with Gasteiger partial charge in [-0.05, 0) is 44.0 Å². The van der Waals surface area contributed by atoms with Crippen LogP contribution in [0.3, 0.4) is 0 Å². The van der Waals surface area contributed by atoms with Gasteiger partial charge in [-0.3, -0.25) is 0 Å². The largest absolute Gasteiger partial charge is 0.456 e. The van der Waals surface area contributed by atoms with Crippen molar-refractivity contribution < 1.29 is 9.53 Å². The molecule has 96 valence electrons. The summed E-state index contributed by atoms with van der Waals surface area (Å²) in [6, 6.07) is 6.62. The highest BCUT2D eigenvalue weighted by Gasteiger charge is 2.18. The van der Waals surface area contributed by atoms with Gasteiger partial charge in [0, 0.05) is 4.91 Å². The first-order valence-electron chi connectivity index (χ1n) is 5.71. The normalized spacial score (nSPS) is 12.4. The van der Waals surface area contributed by atoms with E-state index in [0.717, 1.165) is 5.56 Å². The molecule has 1 unspecified atom stereocenters. The van der Waals surface area contributed by atoms with Gasteiger partial charge in [0.05, 0.1) is 11.6 Å². The van der Waals surface area contributed by atoms with Gasteiger partial charge >= 0.3 is 5.97 Å². The molecule has 0 bridgehead atoms. The van der Waals surface area contributed by atoms with Crippen LogP contribution in [0.5, 0.6) is 0 Å². The van der Waals surface area contributed by atoms with Crippen molar-refractivity contribution in [3.8, 4) is 0 Å². The van der Waals surface area contributed by atoms with Crippen LogP contribution >= 0.6 is 0 Å². The molecule has 0 aliphatic carbocycles. The molecule has 1 aromatic rings. The summed E-state index contributed by atoms with van der Waals surface area (Å²) >= 11 is 0. The smallest absolute Gasteiger partial charge is 0.338 e. The number of hydrogen-bond donors (Lipinski definition) is 0. The molecule has 0 fully saturated rings. The Morgan fingerprint density at radius 2 is 2.11 bits per heavy atom. The first-order chi connectivity index (χ1) is 8.33. The first kappa shape index (κ1) is 14.1. The number of ether oxygens (including phenoxy) is 1. The van der Waals surface area contributed by atoms with Gasteiger partial charge in [-0.1, -0.05) is 24.2 Å². The predicted molar refractivity (Wildman–Crippen MR) is 69.2 cm³/mol. The molecule has 0 aromatic heterocycles. The van der Waals surface area contributed by atoms with Crippen molar-refractivity contribution in [2.75, 3.05) is 0 Å². The molecule has 1 atom stereocenters. The van der Waals surface area contributed by atoms with Gasteiger partial charge in [0.2, 0.25) is 0 Å². The lowest BCUT2D eigenvalue weighted by atomic mass is 10.1. The third-order valence-corrected chi connectivity index (χ3v) is 2.23. The molecule has 0 spiro atoms. The van der Waals surface area contributed by atoms with E-state index in [1.165, 1.54) is 0 Å². The van der Waals surface area contributed by atoms with Crippen LogP contribution in [-0.4, -0.2) is 11.6 Å². The van der Waals surface area contributed by atoms with Crippen LogP contribution in [0.15, 0.2) is 29.4 Å². The number of nitrogens with zero attached hydrogens (tertiary/aromatic N) is 3. The van der Waals surface area contributed by atoms with Crippen molar-refractivity contribution in [3.05, 3.63) is 45.8 Å². The summed E-state index contributed by atoms with van der Waals surface area (Å²) in [6.07, 6.45) is 0. The third-order valence-electron chi connectivity index (χ3n) is 2.23. The maximum Gasteiger partial charge on any atom is 0.338 e. The van der Waals surface area contributed by atoms with Gasteiger partial charge in [-0.25, -0.2) is 4.79 Å². The number of esters is 1. The SMILES string of the molecule is CC(N=[N+]=[N-])c1cccc(C(=O)OC(C)(C)C)c1. The fourth-order valence-corrected chi connectivity index (χ4v) is 1.41. The predicted octanol–water partition coefficient (Wildman–Crippen LogP) is 4.01. The fourth-order valence-electron chi connectivity index (χ4n) is 1.41. The Labute approximate surface area is 106 Å². The Hall–Kier alpha value is -2.00. The summed E-state index contributed by atoms with van der Waals surface area (Å²) in [6.45, 7) is 7.22. The Morgan fingerprint density at radius 3 is 2.67 bits per heavy atom. The molecule has 0 aliphatic rings. The average molecular weight is 247 g/mol. The summed E-state index contributed by atoms with van der Waals surface area (Å²) in [4.78, 5) is 14.6. The van der Waals surface area contributed by atoms with E-state index in [4.69, 9.17) is 10.3 Å². The van der Waals surface area contributed by atoms with E-state index < -0.39 is 5.60 Å². The van der Waals surface area contributed by atoms with Crippen molar-refractivity contribution >= 4 is 5.97 Å². The van der Waals surface area contributed by atoms with Gasteiger partial charge < -0.3 is 4.74 Å². The summed E-state index contributed by atoms with van der Waals surface area (Å²) in [5, 5.41) is 3.60. The molecule has 5 nitrogen and oxygen atoms in total. The molecular weight excluding hydrogens is 230 g/mol. The highest BCUT2D eigenvalue weighted by Crippen LogP contribution is 2.19. The lowest BCUT2D eigenvalue weighted by Gasteiger charge is -2.19. The topological polar surface area (TPSA) is 75.1 Å². The van der Waals surface area contributed by atoms with Gasteiger partial charge in [0.25, 0.3) is 0 Å². The molecule has 1 aromatic carbocycles. The molecule has 0 aliphatic heterocycles. The molecule has 0 N–H and O–H groups in total. The number of benzene rings is 1. The van der Waals surface area contributed by atoms with Gasteiger partial charge in [0.15, 0.2) is 0 Å². The van der Waals surface area contributed by atoms with Crippen LogP contribution in [0.2, 0.25) is 0 Å². The fraction of sp³-hybridized carbons (Fsp3) is 0.462. The Kier molecular flexibility index (Phi) is 4.34. The molecule has 0 amide bonds. The highest BCUT2D eigenvalue weighted by molar-refractivity contribution is 5.89. The van der Waals surface area contributed by atoms with Crippen LogP contribution in [0.4, 0.5) is 0 Å². The van der Waals surface area contributed by atoms with Gasteiger partial charge in [0.1, 0.15) is 5.60 Å². The van der Waals surface area contributed by atoms with Crippen molar-refractivity contribution in [2.45, 2.75) is 39.3 Å². The second kappa shape index (κ2) is 5.56. The van der Waals surface area contributed by atoms with E-state index in [2.05, 4.69) is 10.0 Å². The van der Waals surface area contributed by atoms with Crippen molar-refractivity contribution in [2.24, 2.45) is 5.11 Å². The monoisotopic (exact) mass is 247 g/mol. The summed E-state index contributed by atoms with van der Waals surface area (Å²) in [7, 11) is 0. The number of rotatable bonds is 3. The minimum Gasteiger partial charge on any atom is -0.456 e. The zero-order valence-corrected chi connectivity index (χ0v) is 11.0. The zero-order chi connectivity index (χ0) is 13.8. The number of hydrogen-bond acceptors (Lipinski definition) is 3. The molecule has 5 heteroatoms. The maximum absolute atomic E-state index is 11.9. The molecule has 1 rings (SSSR count). The van der Waals surface area contributed by atoms with E-state index in [9.17, 15) is 4.79 Å². The lowest BCUT2D eigenvalue weighted by molar-refractivity contribution is 0.00694. The van der Waals surface area contributed by atoms with Crippen molar-refractivity contribution in [1.82, 2.24) is 0 Å². The third kappa shape index (κ3) is 4.11. The van der Waals surface area contributed by atoms with E-state index in [1.807, 2.05) is 26.8 Å². The quantitative estimate of drug-likeness (QED) is 0.350. The van der Waals surface area contributed by atoms with E-state index >= 15 is 0 Å². The first-order valence-corrected chi connectivity index (χ1v) is 5.71. The van der Waals surface area contributed by atoms with E-state index in [0.29, 0.717) is 5.56 Å². The van der Waals surface area contributed by atoms with Gasteiger partial charge in [-0.15, -0.1) is 0 Å². The minimum atomic E-state index is -0.524. The molecule has 0 saturated heterocycles. The average Bonchev–Trinajstić information content (AvgIpc) is 2.27. The van der Waals surface area contributed by atoms with Crippen LogP contribution in [0, 0.1) is 0 Å². The van der Waals surface area contributed by atoms with E-state index in [-0.39, 0.29) is 12.0 Å². The van der Waals surface area contributed by atoms with Crippen molar-refractivity contribution in [1.29, 1.82) is 0 Å². The highest BCUT2D eigenvalue weighted by atomic mass is 16.6. The molecule has 0 radical (unpaired) electrons. The molecule has 18 heavy (non-hydrogen) atoms. The minimum absolute atomic E-state index is 0.308. The number of carbonyl (C=O) groups is 1. The standard InChI is InChI=1S/C13H17N3O2/c1-9(15-16-14)10-6-5-7-11(8-10)12(17)18-13(2,3)4/h5-9H,1-4H3. The Balaban J connectivity index is 2.95. The van der Waals surface area contributed by atoms with E-state index in [1.54, 1.807) is 25.1 Å². The molecular formula is C13H17N3O2. The van der Waals surface area contributed by atoms with Crippen molar-refractivity contribution in [3.63, 3.8) is 0 Å². The zero-order valence-electron chi connectivity index (χ0n) is 11.0. The number of azide groups is 1. The molecule has 0 heterocycles. The van der Waals surface area contributed by atoms with Crippen LogP contribution in [0.1, 0.15) is 49.7 Å². The summed E-state index contributed by atoms with van der Waals surface area (Å²) in [5.74, 6) is -0.377. The van der Waals surface area contributed by atoms with Crippen LogP contribution < -0.4 is 0 Å². The maximum atomic E-state index is 11.9.